The van der Waals surface area contributed by atoms with E-state index in [1.807, 2.05) is 18.2 Å². The number of aromatic nitrogens is 1. The number of Topliss-reactive ketones (excluding diaryl/α,β-unsaturated/α-hetero) is 1. The van der Waals surface area contributed by atoms with Gasteiger partial charge in [-0.25, -0.2) is 0 Å². The second kappa shape index (κ2) is 8.81. The van der Waals surface area contributed by atoms with E-state index in [4.69, 9.17) is 9.47 Å². The lowest BCUT2D eigenvalue weighted by Gasteiger charge is -2.32. The van der Waals surface area contributed by atoms with E-state index in [0.29, 0.717) is 16.9 Å². The number of phenolic OH excluding ortho intramolecular Hbond substituents is 1. The van der Waals surface area contributed by atoms with Crippen LogP contribution in [-0.2, 0) is 6.54 Å². The van der Waals surface area contributed by atoms with Crippen molar-refractivity contribution in [3.8, 4) is 17.2 Å². The zero-order valence-corrected chi connectivity index (χ0v) is 20.2. The van der Waals surface area contributed by atoms with Gasteiger partial charge in [-0.15, -0.1) is 0 Å². The van der Waals surface area contributed by atoms with Crippen LogP contribution in [0.1, 0.15) is 27.2 Å². The minimum atomic E-state index is -0.168. The van der Waals surface area contributed by atoms with Crippen molar-refractivity contribution in [3.63, 3.8) is 0 Å². The number of benzene rings is 2. The van der Waals surface area contributed by atoms with Crippen molar-refractivity contribution in [1.29, 1.82) is 0 Å². The lowest BCUT2D eigenvalue weighted by atomic mass is 10.0. The number of ketones is 1. The molecule has 1 N–H and O–H groups in total. The van der Waals surface area contributed by atoms with Crippen LogP contribution in [0.4, 0.5) is 0 Å². The summed E-state index contributed by atoms with van der Waals surface area (Å²) in [6.45, 7) is 10.0. The van der Waals surface area contributed by atoms with Crippen LogP contribution in [0.15, 0.2) is 36.1 Å². The second-order valence-corrected chi connectivity index (χ2v) is 9.20. The molecule has 1 fully saturated rings. The van der Waals surface area contributed by atoms with Crippen molar-refractivity contribution in [2.24, 2.45) is 0 Å². The number of fused-ring (bicyclic) bond motifs is 2. The number of methoxy groups -OCH3 is 1. The molecule has 178 valence electrons. The zero-order chi connectivity index (χ0) is 24.0. The molecule has 3 heterocycles. The van der Waals surface area contributed by atoms with E-state index < -0.39 is 0 Å². The highest BCUT2D eigenvalue weighted by molar-refractivity contribution is 6.15. The number of hydrogen-bond donors (Lipinski definition) is 1. The third-order valence-electron chi connectivity index (χ3n) is 7.15. The second-order valence-electron chi connectivity index (χ2n) is 9.20. The van der Waals surface area contributed by atoms with E-state index in [2.05, 4.69) is 34.4 Å². The summed E-state index contributed by atoms with van der Waals surface area (Å²) >= 11 is 0. The van der Waals surface area contributed by atoms with Gasteiger partial charge < -0.3 is 24.0 Å². The molecule has 7 heteroatoms. The number of aromatic hydroxyl groups is 1. The van der Waals surface area contributed by atoms with Crippen LogP contribution in [-0.4, -0.2) is 72.1 Å². The summed E-state index contributed by atoms with van der Waals surface area (Å²) < 4.78 is 13.8. The number of rotatable bonds is 5. The summed E-state index contributed by atoms with van der Waals surface area (Å²) in [4.78, 5) is 17.9. The molecule has 0 radical (unpaired) electrons. The monoisotopic (exact) mass is 461 g/mol. The smallest absolute Gasteiger partial charge is 0.231 e. The van der Waals surface area contributed by atoms with Crippen LogP contribution >= 0.6 is 0 Å². The summed E-state index contributed by atoms with van der Waals surface area (Å²) in [5.74, 6) is 1.43. The molecule has 3 aromatic rings. The first-order chi connectivity index (χ1) is 16.4. The topological polar surface area (TPSA) is 67.2 Å². The van der Waals surface area contributed by atoms with Crippen LogP contribution < -0.4 is 9.47 Å². The summed E-state index contributed by atoms with van der Waals surface area (Å²) in [7, 11) is 3.83. The Bertz CT molecular complexity index is 1300. The number of piperazine rings is 1. The molecular weight excluding hydrogens is 430 g/mol. The molecule has 2 aliphatic heterocycles. The Labute approximate surface area is 199 Å². The standard InChI is InChI=1S/C27H31N3O4/c1-17-24(31)8-6-20-26(32)25(34-27(17)20)16-21-18(2)30(14-13-29-11-9-28(3)10-12-29)23-7-5-19(33-4)15-22(21)23/h5-8,15-16,31H,9-14H2,1-4H3. The van der Waals surface area contributed by atoms with Crippen molar-refractivity contribution in [1.82, 2.24) is 14.4 Å². The fourth-order valence-corrected chi connectivity index (χ4v) is 4.90. The van der Waals surface area contributed by atoms with Gasteiger partial charge in [-0.2, -0.15) is 0 Å². The molecule has 0 aliphatic carbocycles. The molecule has 2 aliphatic rings. The van der Waals surface area contributed by atoms with E-state index >= 15 is 0 Å². The number of carbonyl (C=O) groups is 1. The Morgan fingerprint density at radius 2 is 1.85 bits per heavy atom. The van der Waals surface area contributed by atoms with E-state index in [0.717, 1.165) is 67.2 Å². The van der Waals surface area contributed by atoms with Crippen molar-refractivity contribution < 1.29 is 19.4 Å². The molecule has 0 saturated carbocycles. The summed E-state index contributed by atoms with van der Waals surface area (Å²) in [5.41, 5.74) is 4.19. The number of phenols is 1. The van der Waals surface area contributed by atoms with Crippen LogP contribution in [0.5, 0.6) is 17.2 Å². The largest absolute Gasteiger partial charge is 0.508 e. The number of ether oxygens (including phenoxy) is 2. The fraction of sp³-hybridized carbons (Fsp3) is 0.370. The molecule has 1 saturated heterocycles. The molecule has 2 aromatic carbocycles. The Hall–Kier alpha value is -3.29. The van der Waals surface area contributed by atoms with Crippen LogP contribution in [0, 0.1) is 13.8 Å². The Morgan fingerprint density at radius 1 is 1.09 bits per heavy atom. The summed E-state index contributed by atoms with van der Waals surface area (Å²) in [5, 5.41) is 11.1. The van der Waals surface area contributed by atoms with Crippen LogP contribution in [0.3, 0.4) is 0 Å². The molecule has 0 amide bonds. The van der Waals surface area contributed by atoms with Crippen molar-refractivity contribution in [2.75, 3.05) is 46.9 Å². The minimum Gasteiger partial charge on any atom is -0.508 e. The normalized spacial score (nSPS) is 18.0. The van der Waals surface area contributed by atoms with Gasteiger partial charge >= 0.3 is 0 Å². The molecule has 34 heavy (non-hydrogen) atoms. The van der Waals surface area contributed by atoms with E-state index in [1.165, 1.54) is 0 Å². The van der Waals surface area contributed by atoms with Gasteiger partial charge in [-0.3, -0.25) is 9.69 Å². The molecule has 0 atom stereocenters. The lowest BCUT2D eigenvalue weighted by Crippen LogP contribution is -2.45. The van der Waals surface area contributed by atoms with Crippen LogP contribution in [0.25, 0.3) is 17.0 Å². The SMILES string of the molecule is COc1ccc2c(c1)c(C=C1Oc3c(ccc(O)c3C)C1=O)c(C)n2CCN1CCN(C)CC1. The maximum Gasteiger partial charge on any atom is 0.231 e. The van der Waals surface area contributed by atoms with E-state index in [9.17, 15) is 9.90 Å². The highest BCUT2D eigenvalue weighted by Gasteiger charge is 2.30. The molecule has 0 unspecified atom stereocenters. The quantitative estimate of drug-likeness (QED) is 0.583. The number of nitrogens with zero attached hydrogens (tertiary/aromatic N) is 3. The predicted octanol–water partition coefficient (Wildman–Crippen LogP) is 3.84. The molecule has 0 bridgehead atoms. The Balaban J connectivity index is 1.52. The first-order valence-electron chi connectivity index (χ1n) is 11.7. The Kier molecular flexibility index (Phi) is 5.83. The maximum atomic E-state index is 13.1. The Morgan fingerprint density at radius 3 is 2.59 bits per heavy atom. The zero-order valence-electron chi connectivity index (χ0n) is 20.2. The molecule has 0 spiro atoms. The van der Waals surface area contributed by atoms with Crippen LogP contribution in [0.2, 0.25) is 0 Å². The van der Waals surface area contributed by atoms with Gasteiger partial charge in [0.1, 0.15) is 17.2 Å². The van der Waals surface area contributed by atoms with E-state index in [1.54, 1.807) is 26.2 Å². The van der Waals surface area contributed by atoms with Gasteiger partial charge in [0.15, 0.2) is 5.76 Å². The number of allylic oxidation sites excluding steroid dienone is 1. The summed E-state index contributed by atoms with van der Waals surface area (Å²) in [6.07, 6.45) is 1.84. The highest BCUT2D eigenvalue weighted by atomic mass is 16.5. The minimum absolute atomic E-state index is 0.120. The molecule has 1 aromatic heterocycles. The molecule has 7 nitrogen and oxygen atoms in total. The van der Waals surface area contributed by atoms with Crippen molar-refractivity contribution in [2.45, 2.75) is 20.4 Å². The predicted molar refractivity (Wildman–Crippen MR) is 133 cm³/mol. The first-order valence-corrected chi connectivity index (χ1v) is 11.7. The number of hydrogen-bond acceptors (Lipinski definition) is 6. The third-order valence-corrected chi connectivity index (χ3v) is 7.15. The third kappa shape index (κ3) is 3.85. The van der Waals surface area contributed by atoms with Gasteiger partial charge in [0.2, 0.25) is 5.78 Å². The average Bonchev–Trinajstić information content (AvgIpc) is 3.30. The van der Waals surface area contributed by atoms with Gasteiger partial charge in [0.05, 0.1) is 12.7 Å². The van der Waals surface area contributed by atoms with Gasteiger partial charge in [-0.1, -0.05) is 0 Å². The molecular formula is C27H31N3O4. The fourth-order valence-electron chi connectivity index (χ4n) is 4.90. The lowest BCUT2D eigenvalue weighted by molar-refractivity contribution is 0.101. The number of carbonyl (C=O) groups excluding carboxylic acids is 1. The number of likely N-dealkylation sites (N-methyl/N-ethyl adjacent to an activating group) is 1. The maximum absolute atomic E-state index is 13.1. The van der Waals surface area contributed by atoms with Crippen molar-refractivity contribution >= 4 is 22.8 Å². The van der Waals surface area contributed by atoms with Gasteiger partial charge in [0, 0.05) is 67.0 Å². The first kappa shape index (κ1) is 22.5. The van der Waals surface area contributed by atoms with Gasteiger partial charge in [-0.05, 0) is 57.3 Å². The summed E-state index contributed by atoms with van der Waals surface area (Å²) in [6, 6.07) is 9.24. The molecule has 5 rings (SSSR count). The average molecular weight is 462 g/mol. The van der Waals surface area contributed by atoms with Gasteiger partial charge in [0.25, 0.3) is 0 Å². The van der Waals surface area contributed by atoms with Crippen molar-refractivity contribution in [3.05, 3.63) is 58.5 Å². The van der Waals surface area contributed by atoms with E-state index in [-0.39, 0.29) is 17.3 Å². The highest BCUT2D eigenvalue weighted by Crippen LogP contribution is 2.40.